The van der Waals surface area contributed by atoms with Gasteiger partial charge in [-0.1, -0.05) is 10.4 Å². The number of methoxy groups -OCH3 is 17. The monoisotopic (exact) mass is 1440 g/mol. The van der Waals surface area contributed by atoms with E-state index in [1.54, 1.807) is 21.0 Å². The minimum Gasteiger partial charge on any atom is -0.394 e. The first-order chi connectivity index (χ1) is 48.4. The highest BCUT2D eigenvalue weighted by molar-refractivity contribution is 5.92. The highest BCUT2D eigenvalue weighted by atomic mass is 16.8. The Balaban J connectivity index is 0.864. The Labute approximate surface area is 581 Å². The van der Waals surface area contributed by atoms with Gasteiger partial charge in [0.15, 0.2) is 42.8 Å². The minimum absolute atomic E-state index is 0.0126. The number of rotatable bonds is 37. The summed E-state index contributed by atoms with van der Waals surface area (Å²) in [5, 5.41) is 32.8. The maximum Gasteiger partial charge on any atom is 0.273 e. The summed E-state index contributed by atoms with van der Waals surface area (Å²) in [5.74, 6) is -1.16. The van der Waals surface area contributed by atoms with Crippen molar-refractivity contribution in [1.82, 2.24) is 40.6 Å². The van der Waals surface area contributed by atoms with E-state index in [9.17, 15) is 14.7 Å². The Hall–Kier alpha value is -3.90. The van der Waals surface area contributed by atoms with Gasteiger partial charge in [-0.05, 0) is 13.8 Å². The summed E-state index contributed by atoms with van der Waals surface area (Å²) in [6, 6.07) is -1.59. The van der Waals surface area contributed by atoms with E-state index in [4.69, 9.17) is 128 Å². The van der Waals surface area contributed by atoms with Crippen molar-refractivity contribution in [3.63, 3.8) is 0 Å². The maximum absolute atomic E-state index is 14.0. The first-order valence-electron chi connectivity index (χ1n) is 32.8. The van der Waals surface area contributed by atoms with Crippen LogP contribution in [0.5, 0.6) is 0 Å². The van der Waals surface area contributed by atoms with Gasteiger partial charge >= 0.3 is 0 Å². The second-order valence-corrected chi connectivity index (χ2v) is 24.5. The summed E-state index contributed by atoms with van der Waals surface area (Å²) in [6.45, 7) is 3.77. The molecule has 574 valence electrons. The number of nitrogens with one attached hydrogen (secondary N) is 2. The summed E-state index contributed by atoms with van der Waals surface area (Å²) in [7, 11) is 25.6. The zero-order valence-electron chi connectivity index (χ0n) is 60.4. The second-order valence-electron chi connectivity index (χ2n) is 24.5. The Bertz CT molecular complexity index is 2540. The third-order valence-corrected chi connectivity index (χ3v) is 19.0. The summed E-state index contributed by atoms with van der Waals surface area (Å²) >= 11 is 0. The normalized spacial score (nSPS) is 39.6. The van der Waals surface area contributed by atoms with Gasteiger partial charge in [-0.3, -0.25) is 9.59 Å². The highest BCUT2D eigenvalue weighted by Gasteiger charge is 2.59. The molecule has 30 atom stereocenters. The number of ether oxygens (including phenoxy) is 27. The molecule has 2 aromatic rings. The van der Waals surface area contributed by atoms with Crippen molar-refractivity contribution in [2.45, 2.75) is 211 Å². The molecule has 100 heavy (non-hydrogen) atoms. The summed E-state index contributed by atoms with van der Waals surface area (Å²) in [4.78, 5) is 28.0. The fourth-order valence-corrected chi connectivity index (χ4v) is 14.1. The first-order valence-corrected chi connectivity index (χ1v) is 32.8. The van der Waals surface area contributed by atoms with Crippen LogP contribution in [0.15, 0.2) is 12.4 Å². The van der Waals surface area contributed by atoms with Gasteiger partial charge in [-0.2, -0.15) is 0 Å². The van der Waals surface area contributed by atoms with E-state index in [1.807, 2.05) is 0 Å². The molecule has 6 aliphatic rings. The number of hydrogen-bond acceptors (Lipinski definition) is 34. The molecule has 6 saturated heterocycles. The van der Waals surface area contributed by atoms with Crippen molar-refractivity contribution in [1.29, 1.82) is 0 Å². The zero-order valence-corrected chi connectivity index (χ0v) is 60.4. The van der Waals surface area contributed by atoms with Crippen molar-refractivity contribution >= 4 is 11.8 Å². The summed E-state index contributed by atoms with van der Waals surface area (Å²) in [5.41, 5.74) is -0.0275. The Morgan fingerprint density at radius 2 is 0.640 bits per heavy atom. The van der Waals surface area contributed by atoms with Crippen LogP contribution in [0.2, 0.25) is 0 Å². The van der Waals surface area contributed by atoms with Crippen LogP contribution in [0.4, 0.5) is 0 Å². The number of aliphatic hydroxyl groups excluding tert-OH is 1. The van der Waals surface area contributed by atoms with Gasteiger partial charge in [-0.15, -0.1) is 10.2 Å². The van der Waals surface area contributed by atoms with Crippen LogP contribution >= 0.6 is 0 Å². The second kappa shape index (κ2) is 39.5. The third-order valence-electron chi connectivity index (χ3n) is 19.0. The van der Waals surface area contributed by atoms with Gasteiger partial charge in [0.05, 0.1) is 82.8 Å². The molecule has 0 bridgehead atoms. The van der Waals surface area contributed by atoms with Crippen molar-refractivity contribution in [3.8, 4) is 0 Å². The summed E-state index contributed by atoms with van der Waals surface area (Å²) in [6.07, 6.45) is -20.9. The van der Waals surface area contributed by atoms with Crippen molar-refractivity contribution in [2.75, 3.05) is 154 Å². The molecule has 0 aliphatic carbocycles. The largest absolute Gasteiger partial charge is 0.394 e. The molecule has 6 fully saturated rings. The van der Waals surface area contributed by atoms with E-state index in [0.29, 0.717) is 0 Å². The van der Waals surface area contributed by atoms with Crippen LogP contribution in [-0.4, -0.2) is 385 Å². The number of aliphatic hydroxyl groups is 1. The lowest BCUT2D eigenvalue weighted by Crippen LogP contribution is -2.68. The lowest BCUT2D eigenvalue weighted by molar-refractivity contribution is -0.381. The molecular formula is C62H106N8O30. The Morgan fingerprint density at radius 1 is 0.360 bits per heavy atom. The average Bonchev–Trinajstić information content (AvgIpc) is 0.893. The van der Waals surface area contributed by atoms with Gasteiger partial charge in [0, 0.05) is 121 Å². The van der Waals surface area contributed by atoms with Gasteiger partial charge in [-0.25, -0.2) is 9.36 Å². The molecule has 0 aromatic carbocycles. The van der Waals surface area contributed by atoms with E-state index >= 15 is 0 Å². The molecule has 8 rings (SSSR count). The molecule has 2 amide bonds. The number of carbonyl (C=O) groups excluding carboxylic acids is 2. The lowest BCUT2D eigenvalue weighted by atomic mass is 9.93. The standard InChI is InChI=1S/C62H106N8O30/c1-29-38(45(79-8)51(85-14)59(91-29)97-43-36(27-76-5)95-61(54(88-17)49(43)83-12)99-41-34(25-74-3)93-33(24-71)40(78-7)47(41)81-10)63-56(72)31-22-69(67-65-31)20-21-70-23-32(66-68-70)57(73)64-39-30(2)92-60(52(86-15)46(39)80-9)98-44-37(28-77-6)96-62(55(89-18)50(44)84-13)100-42-35(26-75-4)94-58(90-19)53(87-16)48(42)82-11/h22-23,29-30,33-55,58-62,71H,20-21,24-28H2,1-19H3,(H,63,72)(H,64,73)/t29?,30?,33?,34?,35?,36?,37?,38?,39?,40-,41?,42?,43?,44?,45?,46?,47?,48-,49?,50?,51?,52?,53?,54?,55?,58?,59?,60?,61?,62?/m0/s1. The van der Waals surface area contributed by atoms with Crippen LogP contribution in [0, 0.1) is 0 Å². The molecule has 6 aliphatic heterocycles. The maximum atomic E-state index is 14.0. The van der Waals surface area contributed by atoms with E-state index in [2.05, 4.69) is 31.3 Å². The van der Waals surface area contributed by atoms with Gasteiger partial charge < -0.3 is 144 Å². The predicted octanol–water partition coefficient (Wildman–Crippen LogP) is -2.86. The highest BCUT2D eigenvalue weighted by Crippen LogP contribution is 2.39. The molecule has 8 heterocycles. The number of carbonyl (C=O) groups is 2. The van der Waals surface area contributed by atoms with Crippen LogP contribution < -0.4 is 10.6 Å². The molecule has 2 aromatic heterocycles. The topological polar surface area (TPSA) is 389 Å². The van der Waals surface area contributed by atoms with Gasteiger partial charge in [0.25, 0.3) is 11.8 Å². The fraction of sp³-hybridized carbons (Fsp3) is 0.903. The Kier molecular flexibility index (Phi) is 32.3. The number of amides is 2. The van der Waals surface area contributed by atoms with Gasteiger partial charge in [0.2, 0.25) is 0 Å². The van der Waals surface area contributed by atoms with Crippen LogP contribution in [0.25, 0.3) is 0 Å². The number of nitrogens with zero attached hydrogens (tertiary/aromatic N) is 6. The van der Waals surface area contributed by atoms with Crippen LogP contribution in [0.3, 0.4) is 0 Å². The first kappa shape index (κ1) is 81.8. The number of aromatic nitrogens is 6. The quantitative estimate of drug-likeness (QED) is 0.0613. The lowest BCUT2D eigenvalue weighted by Gasteiger charge is -2.51. The van der Waals surface area contributed by atoms with E-state index < -0.39 is 196 Å². The van der Waals surface area contributed by atoms with Crippen molar-refractivity contribution in [3.05, 3.63) is 23.8 Å². The van der Waals surface area contributed by atoms with Crippen molar-refractivity contribution < 1.29 is 143 Å². The predicted molar refractivity (Wildman–Crippen MR) is 337 cm³/mol. The zero-order chi connectivity index (χ0) is 72.5. The number of hydrogen-bond donors (Lipinski definition) is 3. The smallest absolute Gasteiger partial charge is 0.273 e. The molecule has 0 spiro atoms. The summed E-state index contributed by atoms with van der Waals surface area (Å²) < 4.78 is 168. The number of aryl methyl sites for hydroxylation is 2. The minimum atomic E-state index is -1.12. The Morgan fingerprint density at radius 3 is 0.940 bits per heavy atom. The van der Waals surface area contributed by atoms with E-state index in [0.717, 1.165) is 0 Å². The molecule has 38 nitrogen and oxygen atoms in total. The van der Waals surface area contributed by atoms with Crippen molar-refractivity contribution in [2.24, 2.45) is 0 Å². The van der Waals surface area contributed by atoms with Crippen LogP contribution in [-0.2, 0) is 141 Å². The molecular weight excluding hydrogens is 1340 g/mol. The molecule has 28 unspecified atom stereocenters. The molecule has 0 saturated carbocycles. The molecule has 38 heteroatoms. The molecule has 0 radical (unpaired) electrons. The average molecular weight is 1440 g/mol. The van der Waals surface area contributed by atoms with Gasteiger partial charge in [0.1, 0.15) is 128 Å². The van der Waals surface area contributed by atoms with Crippen LogP contribution in [0.1, 0.15) is 34.8 Å². The SMILES string of the molecule is COCC1OC(OC2C(COC)OC(CO)[C@H](OC)C2OC)C(OC)C(OC)C1OC1OC(C)C(NC(=O)c2cn(CCn3cc(C(=O)NC4C(C)OC(OC5C(COC)OC(OC6C(COC)OC(OC)C(OC)[C@H]6OC)C(OC)C5OC)C(OC)C4OC)nn3)nn2)C(OC)C1OC. The fourth-order valence-electron chi connectivity index (χ4n) is 14.1. The van der Waals surface area contributed by atoms with E-state index in [-0.39, 0.29) is 57.5 Å². The third kappa shape index (κ3) is 18.3. The van der Waals surface area contributed by atoms with E-state index in [1.165, 1.54) is 136 Å². The molecule has 3 N–H and O–H groups in total.